The molecule has 106 valence electrons. The van der Waals surface area contributed by atoms with E-state index in [0.29, 0.717) is 11.8 Å². The smallest absolute Gasteiger partial charge is 0.417 e. The van der Waals surface area contributed by atoms with Gasteiger partial charge in [0, 0.05) is 35.0 Å². The van der Waals surface area contributed by atoms with Gasteiger partial charge in [0.15, 0.2) is 0 Å². The molecule has 0 aliphatic carbocycles. The zero-order chi connectivity index (χ0) is 14.6. The fraction of sp³-hybridized carbons (Fsp3) is 0.364. The zero-order valence-corrected chi connectivity index (χ0v) is 10.8. The van der Waals surface area contributed by atoms with Gasteiger partial charge < -0.3 is 10.4 Å². The van der Waals surface area contributed by atoms with Gasteiger partial charge in [0.1, 0.15) is 0 Å². The molecule has 0 amide bonds. The number of carboxylic acids is 1. The molecule has 4 nitrogen and oxygen atoms in total. The molecule has 0 radical (unpaired) electrons. The van der Waals surface area contributed by atoms with Gasteiger partial charge in [-0.05, 0) is 18.2 Å². The normalized spacial score (nSPS) is 13.1. The van der Waals surface area contributed by atoms with E-state index in [1.165, 1.54) is 6.26 Å². The number of carboxylic acid groups (broad SMARTS) is 1. The van der Waals surface area contributed by atoms with Crippen molar-refractivity contribution in [2.45, 2.75) is 6.18 Å². The quantitative estimate of drug-likeness (QED) is 0.874. The van der Waals surface area contributed by atoms with Crippen molar-refractivity contribution in [3.05, 3.63) is 29.3 Å². The number of benzene rings is 1. The van der Waals surface area contributed by atoms with Crippen molar-refractivity contribution in [2.75, 3.05) is 23.9 Å². The summed E-state index contributed by atoms with van der Waals surface area (Å²) in [5.74, 6) is -1.32. The van der Waals surface area contributed by atoms with E-state index in [0.717, 1.165) is 12.1 Å². The maximum absolute atomic E-state index is 12.6. The Morgan fingerprint density at radius 2 is 2.05 bits per heavy atom. The van der Waals surface area contributed by atoms with E-state index < -0.39 is 34.1 Å². The van der Waals surface area contributed by atoms with Crippen molar-refractivity contribution in [3.8, 4) is 0 Å². The van der Waals surface area contributed by atoms with Crippen molar-refractivity contribution >= 4 is 22.5 Å². The van der Waals surface area contributed by atoms with Crippen molar-refractivity contribution in [1.82, 2.24) is 0 Å². The predicted octanol–water partition coefficient (Wildman–Crippen LogP) is 2.19. The lowest BCUT2D eigenvalue weighted by molar-refractivity contribution is -0.138. The van der Waals surface area contributed by atoms with Crippen LogP contribution in [0.25, 0.3) is 0 Å². The minimum Gasteiger partial charge on any atom is -0.478 e. The number of hydrogen-bond acceptors (Lipinski definition) is 3. The van der Waals surface area contributed by atoms with Crippen LogP contribution in [-0.2, 0) is 17.0 Å². The second kappa shape index (κ2) is 6.05. The molecule has 2 N–H and O–H groups in total. The molecule has 0 aromatic heterocycles. The molecule has 1 unspecified atom stereocenters. The first-order chi connectivity index (χ1) is 8.71. The molecule has 0 bridgehead atoms. The lowest BCUT2D eigenvalue weighted by Crippen LogP contribution is -2.15. The molecular formula is C11H12F3NO3S. The van der Waals surface area contributed by atoms with Gasteiger partial charge in [-0.2, -0.15) is 13.2 Å². The van der Waals surface area contributed by atoms with Gasteiger partial charge in [0.05, 0.1) is 11.1 Å². The molecule has 0 saturated heterocycles. The Morgan fingerprint density at radius 1 is 1.42 bits per heavy atom. The predicted molar refractivity (Wildman–Crippen MR) is 65.8 cm³/mol. The van der Waals surface area contributed by atoms with Crippen molar-refractivity contribution < 1.29 is 27.3 Å². The molecule has 0 spiro atoms. The molecule has 19 heavy (non-hydrogen) atoms. The highest BCUT2D eigenvalue weighted by atomic mass is 32.2. The van der Waals surface area contributed by atoms with Crippen LogP contribution in [0.5, 0.6) is 0 Å². The highest BCUT2D eigenvalue weighted by molar-refractivity contribution is 7.84. The van der Waals surface area contributed by atoms with Gasteiger partial charge in [-0.3, -0.25) is 4.21 Å². The molecule has 0 saturated carbocycles. The first kappa shape index (κ1) is 15.5. The molecule has 0 fully saturated rings. The SMILES string of the molecule is CS(=O)CCNc1ccc(C(F)(F)F)c(C(=O)O)c1. The van der Waals surface area contributed by atoms with Crippen LogP contribution < -0.4 is 5.32 Å². The van der Waals surface area contributed by atoms with Gasteiger partial charge in [0.25, 0.3) is 0 Å². The lowest BCUT2D eigenvalue weighted by atomic mass is 10.1. The molecule has 1 aromatic rings. The summed E-state index contributed by atoms with van der Waals surface area (Å²) < 4.78 is 48.5. The Bertz CT molecular complexity index is 502. The van der Waals surface area contributed by atoms with E-state index in [9.17, 15) is 22.2 Å². The Morgan fingerprint density at radius 3 is 2.53 bits per heavy atom. The summed E-state index contributed by atoms with van der Waals surface area (Å²) in [5, 5.41) is 11.5. The Hall–Kier alpha value is -1.57. The molecule has 1 aromatic carbocycles. The van der Waals surface area contributed by atoms with Gasteiger partial charge in [0.2, 0.25) is 0 Å². The maximum atomic E-state index is 12.6. The van der Waals surface area contributed by atoms with E-state index >= 15 is 0 Å². The summed E-state index contributed by atoms with van der Waals surface area (Å²) in [6.45, 7) is 0.285. The van der Waals surface area contributed by atoms with E-state index in [2.05, 4.69) is 5.32 Å². The molecule has 1 atom stereocenters. The Balaban J connectivity index is 2.97. The van der Waals surface area contributed by atoms with Crippen LogP contribution in [0.15, 0.2) is 18.2 Å². The zero-order valence-electron chi connectivity index (χ0n) is 9.95. The average molecular weight is 295 g/mol. The monoisotopic (exact) mass is 295 g/mol. The number of carbonyl (C=O) groups is 1. The molecule has 1 rings (SSSR count). The first-order valence-electron chi connectivity index (χ1n) is 5.20. The summed E-state index contributed by atoms with van der Waals surface area (Å²) in [7, 11) is -1.03. The topological polar surface area (TPSA) is 66.4 Å². The second-order valence-electron chi connectivity index (χ2n) is 3.77. The van der Waals surface area contributed by atoms with Crippen molar-refractivity contribution in [3.63, 3.8) is 0 Å². The van der Waals surface area contributed by atoms with Crippen LogP contribution in [0.2, 0.25) is 0 Å². The van der Waals surface area contributed by atoms with E-state index in [4.69, 9.17) is 5.11 Å². The fourth-order valence-electron chi connectivity index (χ4n) is 1.42. The number of aromatic carboxylic acids is 1. The summed E-state index contributed by atoms with van der Waals surface area (Å²) in [6, 6.07) is 2.78. The van der Waals surface area contributed by atoms with Crippen molar-refractivity contribution in [1.29, 1.82) is 0 Å². The number of nitrogens with one attached hydrogen (secondary N) is 1. The molecule has 0 aliphatic heterocycles. The van der Waals surface area contributed by atoms with Gasteiger partial charge in [-0.25, -0.2) is 4.79 Å². The number of rotatable bonds is 5. The van der Waals surface area contributed by atoms with Crippen LogP contribution in [-0.4, -0.2) is 33.8 Å². The van der Waals surface area contributed by atoms with Crippen molar-refractivity contribution in [2.24, 2.45) is 0 Å². The van der Waals surface area contributed by atoms with E-state index in [1.54, 1.807) is 0 Å². The minimum atomic E-state index is -4.71. The highest BCUT2D eigenvalue weighted by Crippen LogP contribution is 2.33. The number of anilines is 1. The largest absolute Gasteiger partial charge is 0.478 e. The van der Waals surface area contributed by atoms with Crippen LogP contribution in [0.1, 0.15) is 15.9 Å². The highest BCUT2D eigenvalue weighted by Gasteiger charge is 2.35. The fourth-order valence-corrected chi connectivity index (χ4v) is 1.81. The third kappa shape index (κ3) is 4.55. The molecule has 0 aliphatic rings. The standard InChI is InChI=1S/C11H12F3NO3S/c1-19(18)5-4-15-7-2-3-9(11(12,13)14)8(6-7)10(16)17/h2-3,6,15H,4-5H2,1H3,(H,16,17). The minimum absolute atomic E-state index is 0.246. The van der Waals surface area contributed by atoms with E-state index in [1.807, 2.05) is 0 Å². The van der Waals surface area contributed by atoms with Crippen LogP contribution in [0, 0.1) is 0 Å². The number of hydrogen-bond donors (Lipinski definition) is 2. The summed E-state index contributed by atoms with van der Waals surface area (Å²) in [6.07, 6.45) is -3.21. The summed E-state index contributed by atoms with van der Waals surface area (Å²) >= 11 is 0. The van der Waals surface area contributed by atoms with E-state index in [-0.39, 0.29) is 12.2 Å². The lowest BCUT2D eigenvalue weighted by Gasteiger charge is -2.12. The molecular weight excluding hydrogens is 283 g/mol. The van der Waals surface area contributed by atoms with Crippen LogP contribution >= 0.6 is 0 Å². The Kier molecular flexibility index (Phi) is 4.93. The maximum Gasteiger partial charge on any atom is 0.417 e. The van der Waals surface area contributed by atoms with Crippen LogP contribution in [0.4, 0.5) is 18.9 Å². The van der Waals surface area contributed by atoms with Gasteiger partial charge in [-0.1, -0.05) is 0 Å². The Labute approximate surface area is 110 Å². The molecule has 8 heteroatoms. The van der Waals surface area contributed by atoms with Gasteiger partial charge in [-0.15, -0.1) is 0 Å². The van der Waals surface area contributed by atoms with Crippen LogP contribution in [0.3, 0.4) is 0 Å². The number of halogens is 3. The third-order valence-electron chi connectivity index (χ3n) is 2.27. The molecule has 0 heterocycles. The first-order valence-corrected chi connectivity index (χ1v) is 6.93. The second-order valence-corrected chi connectivity index (χ2v) is 5.32. The van der Waals surface area contributed by atoms with Gasteiger partial charge >= 0.3 is 12.1 Å². The average Bonchev–Trinajstić information content (AvgIpc) is 2.26. The summed E-state index contributed by atoms with van der Waals surface area (Å²) in [5.41, 5.74) is -1.75. The summed E-state index contributed by atoms with van der Waals surface area (Å²) in [4.78, 5) is 10.8. The third-order valence-corrected chi connectivity index (χ3v) is 3.05. The number of alkyl halides is 3.